The largest absolute Gasteiger partial charge is 0.348 e. The third kappa shape index (κ3) is 4.58. The van der Waals surface area contributed by atoms with Gasteiger partial charge in [-0.2, -0.15) is 0 Å². The summed E-state index contributed by atoms with van der Waals surface area (Å²) in [6.45, 7) is 0. The number of ketones is 1. The minimum absolute atomic E-state index is 0.104. The summed E-state index contributed by atoms with van der Waals surface area (Å²) in [7, 11) is 3.25. The molecule has 8 heteroatoms. The molecule has 0 saturated carbocycles. The van der Waals surface area contributed by atoms with Crippen molar-refractivity contribution in [2.24, 2.45) is 5.92 Å². The molecule has 0 aliphatic carbocycles. The Morgan fingerprint density at radius 1 is 1.07 bits per heavy atom. The first-order valence-corrected chi connectivity index (χ1v) is 9.29. The molecule has 3 rings (SSSR count). The third-order valence-electron chi connectivity index (χ3n) is 4.20. The van der Waals surface area contributed by atoms with Crippen molar-refractivity contribution in [2.75, 3.05) is 14.1 Å². The third-order valence-corrected chi connectivity index (χ3v) is 4.63. The van der Waals surface area contributed by atoms with Gasteiger partial charge in [0.2, 0.25) is 5.91 Å². The maximum Gasteiger partial charge on any atom is 0.233 e. The number of hydrogen-bond donors (Lipinski definition) is 0. The van der Waals surface area contributed by atoms with Crippen molar-refractivity contribution in [1.29, 1.82) is 0 Å². The van der Waals surface area contributed by atoms with E-state index >= 15 is 0 Å². The molecule has 1 heterocycles. The summed E-state index contributed by atoms with van der Waals surface area (Å²) < 4.78 is 1.41. The lowest BCUT2D eigenvalue weighted by atomic mass is 9.92. The molecular formula is C20H18Cl2N4O2. The molecule has 28 heavy (non-hydrogen) atoms. The fourth-order valence-corrected chi connectivity index (χ4v) is 3.32. The Hall–Kier alpha value is -2.70. The number of amides is 1. The van der Waals surface area contributed by atoms with Crippen LogP contribution in [0.5, 0.6) is 0 Å². The Morgan fingerprint density at radius 3 is 2.32 bits per heavy atom. The number of benzene rings is 2. The molecule has 0 aliphatic rings. The van der Waals surface area contributed by atoms with E-state index in [-0.39, 0.29) is 23.8 Å². The van der Waals surface area contributed by atoms with Crippen molar-refractivity contribution in [3.63, 3.8) is 0 Å². The number of halogens is 2. The highest BCUT2D eigenvalue weighted by Crippen LogP contribution is 2.22. The van der Waals surface area contributed by atoms with Gasteiger partial charge in [-0.3, -0.25) is 9.59 Å². The van der Waals surface area contributed by atoms with E-state index in [2.05, 4.69) is 10.3 Å². The van der Waals surface area contributed by atoms with Crippen LogP contribution < -0.4 is 0 Å². The van der Waals surface area contributed by atoms with Gasteiger partial charge < -0.3 is 4.90 Å². The van der Waals surface area contributed by atoms with E-state index in [4.69, 9.17) is 23.2 Å². The van der Waals surface area contributed by atoms with Gasteiger partial charge in [0, 0.05) is 24.1 Å². The van der Waals surface area contributed by atoms with Gasteiger partial charge in [0.15, 0.2) is 5.78 Å². The molecule has 1 amide bonds. The summed E-state index contributed by atoms with van der Waals surface area (Å²) in [5.74, 6) is -1.55. The molecule has 0 N–H and O–H groups in total. The predicted molar refractivity (Wildman–Crippen MR) is 108 cm³/mol. The normalized spacial score (nSPS) is 11.9. The van der Waals surface area contributed by atoms with E-state index in [1.807, 2.05) is 30.3 Å². The highest BCUT2D eigenvalue weighted by Gasteiger charge is 2.31. The number of aromatic nitrogens is 3. The van der Waals surface area contributed by atoms with Gasteiger partial charge in [-0.1, -0.05) is 58.7 Å². The highest BCUT2D eigenvalue weighted by molar-refractivity contribution is 6.34. The standard InChI is InChI=1S/C20H18Cl2N4O2/c1-25(2)20(28)17(8-13-6-4-3-5-7-13)19(27)18-12-26(24-23-18)16-10-14(21)9-15(22)11-16/h3-7,9-12,17H,8H2,1-2H3/t17-/m1/s1. The Kier molecular flexibility index (Phi) is 6.11. The van der Waals surface area contributed by atoms with Gasteiger partial charge in [-0.15, -0.1) is 5.10 Å². The zero-order chi connectivity index (χ0) is 20.3. The molecule has 144 valence electrons. The molecule has 6 nitrogen and oxygen atoms in total. The topological polar surface area (TPSA) is 68.1 Å². The SMILES string of the molecule is CN(C)C(=O)[C@H](Cc1ccccc1)C(=O)c1cn(-c2cc(Cl)cc(Cl)c2)nn1. The van der Waals surface area contributed by atoms with Crippen LogP contribution in [-0.2, 0) is 11.2 Å². The molecule has 0 bridgehead atoms. The molecule has 0 saturated heterocycles. The van der Waals surface area contributed by atoms with E-state index in [0.29, 0.717) is 15.7 Å². The van der Waals surface area contributed by atoms with E-state index in [1.165, 1.54) is 15.8 Å². The summed E-state index contributed by atoms with van der Waals surface area (Å²) in [4.78, 5) is 27.1. The maximum atomic E-state index is 13.1. The fraction of sp³-hybridized carbons (Fsp3) is 0.200. The fourth-order valence-electron chi connectivity index (χ4n) is 2.81. The van der Waals surface area contributed by atoms with E-state index in [0.717, 1.165) is 5.56 Å². The average Bonchev–Trinajstić information content (AvgIpc) is 3.15. The lowest BCUT2D eigenvalue weighted by Crippen LogP contribution is -2.36. The molecule has 1 atom stereocenters. The quantitative estimate of drug-likeness (QED) is 0.453. The smallest absolute Gasteiger partial charge is 0.233 e. The Morgan fingerprint density at radius 2 is 1.71 bits per heavy atom. The van der Waals surface area contributed by atoms with Crippen molar-refractivity contribution in [3.05, 3.63) is 76.0 Å². The van der Waals surface area contributed by atoms with Crippen LogP contribution in [0.2, 0.25) is 10.0 Å². The zero-order valence-electron chi connectivity index (χ0n) is 15.3. The number of carbonyl (C=O) groups excluding carboxylic acids is 2. The lowest BCUT2D eigenvalue weighted by molar-refractivity contribution is -0.131. The zero-order valence-corrected chi connectivity index (χ0v) is 16.9. The number of nitrogens with zero attached hydrogens (tertiary/aromatic N) is 4. The molecule has 3 aromatic rings. The van der Waals surface area contributed by atoms with E-state index in [1.54, 1.807) is 32.3 Å². The van der Waals surface area contributed by atoms with Crippen LogP contribution in [0.1, 0.15) is 16.1 Å². The highest BCUT2D eigenvalue weighted by atomic mass is 35.5. The Labute approximate surface area is 172 Å². The van der Waals surface area contributed by atoms with Crippen LogP contribution in [0.25, 0.3) is 5.69 Å². The van der Waals surface area contributed by atoms with Gasteiger partial charge in [0.05, 0.1) is 11.9 Å². The van der Waals surface area contributed by atoms with Gasteiger partial charge in [-0.05, 0) is 30.2 Å². The first kappa shape index (κ1) is 20.0. The second kappa shape index (κ2) is 8.54. The lowest BCUT2D eigenvalue weighted by Gasteiger charge is -2.18. The minimum Gasteiger partial charge on any atom is -0.348 e. The van der Waals surface area contributed by atoms with Gasteiger partial charge in [-0.25, -0.2) is 4.68 Å². The minimum atomic E-state index is -0.884. The molecule has 0 radical (unpaired) electrons. The van der Waals surface area contributed by atoms with Crippen LogP contribution in [0.3, 0.4) is 0 Å². The average molecular weight is 417 g/mol. The number of Topliss-reactive ketones (excluding diaryl/α,β-unsaturated/α-hetero) is 1. The van der Waals surface area contributed by atoms with E-state index in [9.17, 15) is 9.59 Å². The molecule has 0 spiro atoms. The number of rotatable bonds is 6. The van der Waals surface area contributed by atoms with Gasteiger partial charge >= 0.3 is 0 Å². The summed E-state index contributed by atoms with van der Waals surface area (Å²) in [5, 5.41) is 8.83. The summed E-state index contributed by atoms with van der Waals surface area (Å²) in [6.07, 6.45) is 1.76. The predicted octanol–water partition coefficient (Wildman–Crippen LogP) is 3.70. The van der Waals surface area contributed by atoms with Crippen molar-refractivity contribution >= 4 is 34.9 Å². The summed E-state index contributed by atoms with van der Waals surface area (Å²) in [5.41, 5.74) is 1.57. The van der Waals surface area contributed by atoms with E-state index < -0.39 is 5.92 Å². The molecule has 0 unspecified atom stereocenters. The second-order valence-electron chi connectivity index (χ2n) is 6.52. The van der Waals surface area contributed by atoms with Crippen LogP contribution in [-0.4, -0.2) is 45.7 Å². The van der Waals surface area contributed by atoms with Gasteiger partial charge in [0.1, 0.15) is 11.6 Å². The van der Waals surface area contributed by atoms with Crippen molar-refractivity contribution in [2.45, 2.75) is 6.42 Å². The summed E-state index contributed by atoms with van der Waals surface area (Å²) >= 11 is 12.0. The second-order valence-corrected chi connectivity index (χ2v) is 7.39. The molecule has 0 fully saturated rings. The summed E-state index contributed by atoms with van der Waals surface area (Å²) in [6, 6.07) is 14.3. The molecule has 2 aromatic carbocycles. The van der Waals surface area contributed by atoms with Crippen LogP contribution in [0.15, 0.2) is 54.7 Å². The molecule has 1 aromatic heterocycles. The molecular weight excluding hydrogens is 399 g/mol. The Bertz CT molecular complexity index is 982. The number of carbonyl (C=O) groups is 2. The van der Waals surface area contributed by atoms with Crippen LogP contribution in [0, 0.1) is 5.92 Å². The van der Waals surface area contributed by atoms with Crippen molar-refractivity contribution in [1.82, 2.24) is 19.9 Å². The first-order valence-electron chi connectivity index (χ1n) is 8.53. The van der Waals surface area contributed by atoms with Crippen LogP contribution >= 0.6 is 23.2 Å². The van der Waals surface area contributed by atoms with Gasteiger partial charge in [0.25, 0.3) is 0 Å². The maximum absolute atomic E-state index is 13.1. The first-order chi connectivity index (χ1) is 13.3. The Balaban J connectivity index is 1.90. The number of hydrogen-bond acceptors (Lipinski definition) is 4. The van der Waals surface area contributed by atoms with Crippen molar-refractivity contribution in [3.8, 4) is 5.69 Å². The van der Waals surface area contributed by atoms with Crippen LogP contribution in [0.4, 0.5) is 0 Å². The molecule has 0 aliphatic heterocycles. The van der Waals surface area contributed by atoms with Crippen molar-refractivity contribution < 1.29 is 9.59 Å². The monoisotopic (exact) mass is 416 g/mol.